The van der Waals surface area contributed by atoms with E-state index < -0.39 is 0 Å². The highest BCUT2D eigenvalue weighted by Gasteiger charge is 2.16. The summed E-state index contributed by atoms with van der Waals surface area (Å²) in [6, 6.07) is 15.9. The first-order valence-corrected chi connectivity index (χ1v) is 13.0. The molecular weight excluding hydrogens is 515 g/mol. The molecule has 2 N–H and O–H groups in total. The van der Waals surface area contributed by atoms with Crippen LogP contribution in [0.15, 0.2) is 71.9 Å². The molecule has 8 nitrogen and oxygen atoms in total. The Kier molecular flexibility index (Phi) is 8.43. The number of benzene rings is 2. The zero-order valence-corrected chi connectivity index (χ0v) is 22.0. The van der Waals surface area contributed by atoms with Crippen molar-refractivity contribution < 1.29 is 13.9 Å². The van der Waals surface area contributed by atoms with Crippen LogP contribution in [0.1, 0.15) is 21.6 Å². The van der Waals surface area contributed by atoms with E-state index in [4.69, 9.17) is 4.74 Å². The van der Waals surface area contributed by atoms with Crippen LogP contribution in [0.25, 0.3) is 11.1 Å². The van der Waals surface area contributed by atoms with E-state index in [1.807, 2.05) is 30.3 Å². The van der Waals surface area contributed by atoms with Gasteiger partial charge in [-0.1, -0.05) is 12.0 Å². The summed E-state index contributed by atoms with van der Waals surface area (Å²) in [6.45, 7) is 2.99. The highest BCUT2D eigenvalue weighted by atomic mass is 32.2. The van der Waals surface area contributed by atoms with E-state index in [-0.39, 0.29) is 5.82 Å². The van der Waals surface area contributed by atoms with Crippen molar-refractivity contribution >= 4 is 35.7 Å². The highest BCUT2D eigenvalue weighted by Crippen LogP contribution is 2.33. The molecule has 39 heavy (non-hydrogen) atoms. The summed E-state index contributed by atoms with van der Waals surface area (Å²) in [6.07, 6.45) is 3.93. The zero-order chi connectivity index (χ0) is 27.0. The molecule has 10 heteroatoms. The van der Waals surface area contributed by atoms with E-state index in [1.54, 1.807) is 43.7 Å². The van der Waals surface area contributed by atoms with E-state index in [0.29, 0.717) is 47.4 Å². The Morgan fingerprint density at radius 3 is 2.59 bits per heavy atom. The Hall–Kier alpha value is -4.30. The molecule has 1 fully saturated rings. The summed E-state index contributed by atoms with van der Waals surface area (Å²) in [7, 11) is 1.74. The van der Waals surface area contributed by atoms with E-state index in [0.717, 1.165) is 35.5 Å². The Morgan fingerprint density at radius 2 is 1.85 bits per heavy atom. The number of rotatable bonds is 7. The zero-order valence-electron chi connectivity index (χ0n) is 21.1. The fourth-order valence-electron chi connectivity index (χ4n) is 3.88. The number of nitrogens with zero attached hydrogens (tertiary/aromatic N) is 4. The Labute approximate surface area is 230 Å². The third kappa shape index (κ3) is 6.78. The second-order valence-corrected chi connectivity index (χ2v) is 9.70. The molecule has 0 radical (unpaired) electrons. The molecule has 1 aliphatic rings. The number of nitrogens with one attached hydrogen (secondary N) is 2. The Bertz CT molecular complexity index is 1530. The van der Waals surface area contributed by atoms with Crippen LogP contribution >= 0.6 is 11.9 Å². The van der Waals surface area contributed by atoms with Gasteiger partial charge in [-0.05, 0) is 66.4 Å². The molecule has 2 aromatic carbocycles. The largest absolute Gasteiger partial charge is 0.379 e. The fraction of sp³-hybridized carbons (Fsp3) is 0.172. The van der Waals surface area contributed by atoms with Gasteiger partial charge in [-0.15, -0.1) is 0 Å². The minimum absolute atomic E-state index is 0.334. The predicted molar refractivity (Wildman–Crippen MR) is 151 cm³/mol. The highest BCUT2D eigenvalue weighted by molar-refractivity contribution is 7.97. The normalized spacial score (nSPS) is 13.3. The maximum Gasteiger partial charge on any atom is 0.229 e. The van der Waals surface area contributed by atoms with Crippen molar-refractivity contribution in [1.29, 1.82) is 0 Å². The molecule has 5 rings (SSSR count). The molecule has 0 unspecified atom stereocenters. The third-order valence-corrected chi connectivity index (χ3v) is 6.94. The maximum atomic E-state index is 15.1. The van der Waals surface area contributed by atoms with Crippen molar-refractivity contribution in [2.45, 2.75) is 4.90 Å². The van der Waals surface area contributed by atoms with Gasteiger partial charge in [0.05, 0.1) is 13.2 Å². The molecule has 3 heterocycles. The monoisotopic (exact) mass is 540 g/mol. The number of ether oxygens (including phenoxy) is 1. The topological polar surface area (TPSA) is 92.3 Å². The van der Waals surface area contributed by atoms with Gasteiger partial charge in [0, 0.05) is 65.4 Å². The number of anilines is 3. The second-order valence-electron chi connectivity index (χ2n) is 8.52. The van der Waals surface area contributed by atoms with Crippen LogP contribution in [-0.2, 0) is 4.74 Å². The Morgan fingerprint density at radius 1 is 1.03 bits per heavy atom. The average Bonchev–Trinajstić information content (AvgIpc) is 2.98. The number of hydrogen-bond donors (Lipinski definition) is 2. The van der Waals surface area contributed by atoms with Gasteiger partial charge >= 0.3 is 0 Å². The van der Waals surface area contributed by atoms with Crippen molar-refractivity contribution in [2.24, 2.45) is 0 Å². The quantitative estimate of drug-likeness (QED) is 0.191. The average molecular weight is 541 g/mol. The molecule has 196 valence electrons. The third-order valence-electron chi connectivity index (χ3n) is 5.86. The van der Waals surface area contributed by atoms with Gasteiger partial charge in [-0.3, -0.25) is 4.79 Å². The number of carbonyl (C=O) groups is 1. The van der Waals surface area contributed by atoms with Crippen LogP contribution in [0.4, 0.5) is 21.8 Å². The molecule has 0 bridgehead atoms. The number of aromatic nitrogens is 3. The van der Waals surface area contributed by atoms with E-state index >= 15 is 4.39 Å². The van der Waals surface area contributed by atoms with E-state index in [2.05, 4.69) is 41.7 Å². The summed E-state index contributed by atoms with van der Waals surface area (Å²) in [5, 5.41) is 6.21. The first-order valence-electron chi connectivity index (χ1n) is 12.3. The molecular formula is C29H25FN6O2S. The van der Waals surface area contributed by atoms with E-state index in [9.17, 15) is 4.79 Å². The number of hydrogen-bond acceptors (Lipinski definition) is 9. The number of morpholine rings is 1. The summed E-state index contributed by atoms with van der Waals surface area (Å²) in [4.78, 5) is 24.9. The molecule has 0 amide bonds. The van der Waals surface area contributed by atoms with Gasteiger partial charge in [0.25, 0.3) is 0 Å². The molecule has 0 aliphatic carbocycles. The van der Waals surface area contributed by atoms with Crippen LogP contribution in [0.3, 0.4) is 0 Å². The van der Waals surface area contributed by atoms with Crippen molar-refractivity contribution in [3.05, 3.63) is 89.6 Å². The van der Waals surface area contributed by atoms with Gasteiger partial charge in [0.15, 0.2) is 0 Å². The van der Waals surface area contributed by atoms with Crippen LogP contribution in [0.5, 0.6) is 0 Å². The number of aldehydes is 1. The summed E-state index contributed by atoms with van der Waals surface area (Å²) < 4.78 is 22.7. The lowest BCUT2D eigenvalue weighted by molar-refractivity contribution is 0.0773. The molecule has 2 aromatic heterocycles. The van der Waals surface area contributed by atoms with Gasteiger partial charge in [0.2, 0.25) is 5.95 Å². The summed E-state index contributed by atoms with van der Waals surface area (Å²) >= 11 is 1.53. The lowest BCUT2D eigenvalue weighted by Crippen LogP contribution is -2.30. The SMILES string of the molecule is CNc1nc(Nc2ccc(C#Cc3cc(C=O)ccn3)cc2)ncc1-c1ccc(SN2CCOCC2)cc1F. The standard InChI is InChI=1S/C29H25FN6O2S/c1-31-28-26(25-9-8-24(17-27(25)30)39-36-12-14-38-15-13-36)18-33-29(35-28)34-22-5-2-20(3-6-22)4-7-23-16-21(19-37)10-11-32-23/h2-3,5-6,8-11,16-19H,12-15H2,1H3,(H2,31,33,34,35). The van der Waals surface area contributed by atoms with E-state index in [1.165, 1.54) is 11.9 Å². The lowest BCUT2D eigenvalue weighted by Gasteiger charge is -2.25. The maximum absolute atomic E-state index is 15.1. The first-order chi connectivity index (χ1) is 19.1. The summed E-state index contributed by atoms with van der Waals surface area (Å²) in [5.74, 6) is 6.54. The molecule has 1 saturated heterocycles. The molecule has 4 aromatic rings. The van der Waals surface area contributed by atoms with Gasteiger partial charge in [-0.25, -0.2) is 18.7 Å². The number of halogens is 1. The fourth-order valence-corrected chi connectivity index (χ4v) is 4.79. The molecule has 0 atom stereocenters. The minimum atomic E-state index is -0.334. The van der Waals surface area contributed by atoms with Crippen molar-refractivity contribution in [1.82, 2.24) is 19.3 Å². The predicted octanol–water partition coefficient (Wildman–Crippen LogP) is 5.01. The van der Waals surface area contributed by atoms with Crippen LogP contribution in [-0.4, -0.2) is 58.9 Å². The number of carbonyl (C=O) groups excluding carboxylic acids is 1. The molecule has 0 saturated carbocycles. The van der Waals surface area contributed by atoms with Gasteiger partial charge < -0.3 is 15.4 Å². The first kappa shape index (κ1) is 26.3. The Balaban J connectivity index is 1.28. The molecule has 0 spiro atoms. The lowest BCUT2D eigenvalue weighted by atomic mass is 10.1. The van der Waals surface area contributed by atoms with Gasteiger partial charge in [0.1, 0.15) is 23.6 Å². The number of pyridine rings is 1. The van der Waals surface area contributed by atoms with Crippen LogP contribution in [0, 0.1) is 17.7 Å². The van der Waals surface area contributed by atoms with Crippen molar-refractivity contribution in [3.63, 3.8) is 0 Å². The summed E-state index contributed by atoms with van der Waals surface area (Å²) in [5.41, 5.74) is 3.61. The van der Waals surface area contributed by atoms with Crippen molar-refractivity contribution in [2.75, 3.05) is 44.0 Å². The van der Waals surface area contributed by atoms with Crippen molar-refractivity contribution in [3.8, 4) is 23.0 Å². The van der Waals surface area contributed by atoms with Crippen LogP contribution < -0.4 is 10.6 Å². The molecule has 1 aliphatic heterocycles. The smallest absolute Gasteiger partial charge is 0.229 e. The van der Waals surface area contributed by atoms with Gasteiger partial charge in [-0.2, -0.15) is 4.98 Å². The van der Waals surface area contributed by atoms with Crippen LogP contribution in [0.2, 0.25) is 0 Å². The minimum Gasteiger partial charge on any atom is -0.379 e. The second kappa shape index (κ2) is 12.5.